The van der Waals surface area contributed by atoms with Crippen molar-refractivity contribution < 1.29 is 4.74 Å². The molecule has 0 unspecified atom stereocenters. The van der Waals surface area contributed by atoms with Crippen molar-refractivity contribution in [2.24, 2.45) is 5.41 Å². The molecule has 3 aliphatic rings. The molecule has 0 atom stereocenters. The van der Waals surface area contributed by atoms with E-state index >= 15 is 0 Å². The number of likely N-dealkylation sites (tertiary alicyclic amines) is 1. The van der Waals surface area contributed by atoms with Gasteiger partial charge in [-0.25, -0.2) is 9.97 Å². The van der Waals surface area contributed by atoms with Crippen LogP contribution in [0.3, 0.4) is 0 Å². The summed E-state index contributed by atoms with van der Waals surface area (Å²) < 4.78 is 5.58. The first-order valence-corrected chi connectivity index (χ1v) is 11.9. The molecule has 3 saturated heterocycles. The van der Waals surface area contributed by atoms with E-state index in [0.717, 1.165) is 60.5 Å². The molecule has 1 spiro atoms. The van der Waals surface area contributed by atoms with Crippen molar-refractivity contribution in [2.75, 3.05) is 44.3 Å². The Morgan fingerprint density at radius 3 is 2.44 bits per heavy atom. The highest BCUT2D eigenvalue weighted by atomic mass is 16.5. The van der Waals surface area contributed by atoms with E-state index < -0.39 is 0 Å². The van der Waals surface area contributed by atoms with E-state index in [1.54, 1.807) is 12.4 Å². The second-order valence-corrected chi connectivity index (χ2v) is 9.55. The first-order chi connectivity index (χ1) is 15.8. The van der Waals surface area contributed by atoms with Crippen LogP contribution in [-0.2, 0) is 4.74 Å². The summed E-state index contributed by atoms with van der Waals surface area (Å²) in [6.45, 7) is 6.45. The van der Waals surface area contributed by atoms with Crippen LogP contribution in [0, 0.1) is 5.41 Å². The molecule has 0 aliphatic carbocycles. The van der Waals surface area contributed by atoms with Crippen LogP contribution in [0.2, 0.25) is 0 Å². The Hall–Kier alpha value is -2.64. The largest absolute Gasteiger partial charge is 0.381 e. The zero-order valence-corrected chi connectivity index (χ0v) is 18.5. The normalized spacial score (nSPS) is 22.1. The quantitative estimate of drug-likeness (QED) is 0.629. The zero-order chi connectivity index (χ0) is 21.4. The molecule has 3 aromatic rings. The SMILES string of the molecule is c1cc(-c2nc(N3CCC4(CC3)CCN(C3CCOCC3)C4)c3ccncc3n2)ccn1. The summed E-state index contributed by atoms with van der Waals surface area (Å²) in [6, 6.07) is 6.71. The third-order valence-corrected chi connectivity index (χ3v) is 7.72. The second-order valence-electron chi connectivity index (χ2n) is 9.55. The smallest absolute Gasteiger partial charge is 0.162 e. The maximum Gasteiger partial charge on any atom is 0.162 e. The Morgan fingerprint density at radius 1 is 0.875 bits per heavy atom. The summed E-state index contributed by atoms with van der Waals surface area (Å²) in [6.07, 6.45) is 13.5. The van der Waals surface area contributed by atoms with Gasteiger partial charge in [0.2, 0.25) is 0 Å². The van der Waals surface area contributed by atoms with Gasteiger partial charge in [-0.1, -0.05) is 0 Å². The number of hydrogen-bond acceptors (Lipinski definition) is 7. The van der Waals surface area contributed by atoms with Crippen molar-refractivity contribution in [3.63, 3.8) is 0 Å². The van der Waals surface area contributed by atoms with E-state index in [9.17, 15) is 0 Å². The van der Waals surface area contributed by atoms with Crippen molar-refractivity contribution in [3.05, 3.63) is 43.0 Å². The van der Waals surface area contributed by atoms with Gasteiger partial charge in [-0.2, -0.15) is 0 Å². The number of pyridine rings is 2. The first kappa shape index (κ1) is 20.0. The van der Waals surface area contributed by atoms with Crippen LogP contribution in [0.25, 0.3) is 22.3 Å². The van der Waals surface area contributed by atoms with Crippen LogP contribution in [0.1, 0.15) is 32.1 Å². The molecule has 0 bridgehead atoms. The van der Waals surface area contributed by atoms with Crippen LogP contribution in [0.4, 0.5) is 5.82 Å². The van der Waals surface area contributed by atoms with Crippen LogP contribution >= 0.6 is 0 Å². The third-order valence-electron chi connectivity index (χ3n) is 7.72. The molecule has 3 aliphatic heterocycles. The molecule has 6 rings (SSSR count). The van der Waals surface area contributed by atoms with Crippen molar-refractivity contribution in [2.45, 2.75) is 38.1 Å². The van der Waals surface area contributed by atoms with Crippen molar-refractivity contribution in [3.8, 4) is 11.4 Å². The summed E-state index contributed by atoms with van der Waals surface area (Å²) >= 11 is 0. The van der Waals surface area contributed by atoms with Gasteiger partial charge in [0.25, 0.3) is 0 Å². The molecule has 7 heteroatoms. The minimum atomic E-state index is 0.465. The fourth-order valence-corrected chi connectivity index (χ4v) is 5.77. The Balaban J connectivity index is 1.23. The predicted molar refractivity (Wildman–Crippen MR) is 124 cm³/mol. The first-order valence-electron chi connectivity index (χ1n) is 11.9. The summed E-state index contributed by atoms with van der Waals surface area (Å²) in [4.78, 5) is 23.5. The number of ether oxygens (including phenoxy) is 1. The molecular weight excluding hydrogens is 400 g/mol. The van der Waals surface area contributed by atoms with Crippen molar-refractivity contribution in [1.82, 2.24) is 24.8 Å². The maximum atomic E-state index is 5.58. The monoisotopic (exact) mass is 430 g/mol. The molecule has 32 heavy (non-hydrogen) atoms. The molecule has 0 aromatic carbocycles. The van der Waals surface area contributed by atoms with Crippen molar-refractivity contribution in [1.29, 1.82) is 0 Å². The van der Waals surface area contributed by atoms with E-state index in [0.29, 0.717) is 5.41 Å². The van der Waals surface area contributed by atoms with Gasteiger partial charge in [-0.15, -0.1) is 0 Å². The van der Waals surface area contributed by atoms with Crippen LogP contribution in [-0.4, -0.2) is 70.3 Å². The van der Waals surface area contributed by atoms with Gasteiger partial charge in [-0.3, -0.25) is 14.9 Å². The summed E-state index contributed by atoms with van der Waals surface area (Å²) in [5.74, 6) is 1.79. The van der Waals surface area contributed by atoms with Crippen LogP contribution in [0.15, 0.2) is 43.0 Å². The lowest BCUT2D eigenvalue weighted by Crippen LogP contribution is -2.44. The van der Waals surface area contributed by atoms with E-state index in [-0.39, 0.29) is 0 Å². The van der Waals surface area contributed by atoms with Gasteiger partial charge in [0.05, 0.1) is 11.7 Å². The highest BCUT2D eigenvalue weighted by molar-refractivity contribution is 5.90. The lowest BCUT2D eigenvalue weighted by Gasteiger charge is -2.41. The molecule has 7 nitrogen and oxygen atoms in total. The van der Waals surface area contributed by atoms with Gasteiger partial charge in [0, 0.05) is 68.4 Å². The Labute approximate surface area is 188 Å². The lowest BCUT2D eigenvalue weighted by molar-refractivity contribution is 0.0370. The second kappa shape index (κ2) is 8.37. The summed E-state index contributed by atoms with van der Waals surface area (Å²) in [5.41, 5.74) is 2.35. The number of anilines is 1. The zero-order valence-electron chi connectivity index (χ0n) is 18.5. The highest BCUT2D eigenvalue weighted by Crippen LogP contribution is 2.43. The summed E-state index contributed by atoms with van der Waals surface area (Å²) in [7, 11) is 0. The third kappa shape index (κ3) is 3.73. The number of nitrogens with zero attached hydrogens (tertiary/aromatic N) is 6. The number of aromatic nitrogens is 4. The molecule has 0 saturated carbocycles. The maximum absolute atomic E-state index is 5.58. The Morgan fingerprint density at radius 2 is 1.62 bits per heavy atom. The number of fused-ring (bicyclic) bond motifs is 1. The Kier molecular flexibility index (Phi) is 5.23. The standard InChI is InChI=1S/C25H30N6O/c1-9-26-10-2-19(1)23-28-22-17-27-11-3-21(22)24(29-23)30-12-6-25(7-13-30)8-14-31(18-25)20-4-15-32-16-5-20/h1-3,9-11,17,20H,4-8,12-16,18H2. The van der Waals surface area contributed by atoms with Gasteiger partial charge in [0.1, 0.15) is 5.82 Å². The number of rotatable bonds is 3. The molecular formula is C25H30N6O. The average molecular weight is 431 g/mol. The molecule has 166 valence electrons. The number of piperidine rings is 1. The average Bonchev–Trinajstić information content (AvgIpc) is 3.28. The van der Waals surface area contributed by atoms with Crippen molar-refractivity contribution >= 4 is 16.7 Å². The minimum absolute atomic E-state index is 0.465. The highest BCUT2D eigenvalue weighted by Gasteiger charge is 2.42. The van der Waals surface area contributed by atoms with Gasteiger partial charge >= 0.3 is 0 Å². The Bertz CT molecular complexity index is 1080. The van der Waals surface area contributed by atoms with E-state index in [1.807, 2.05) is 30.6 Å². The minimum Gasteiger partial charge on any atom is -0.381 e. The molecule has 3 fully saturated rings. The predicted octanol–water partition coefficient (Wildman–Crippen LogP) is 3.56. The number of hydrogen-bond donors (Lipinski definition) is 0. The fraction of sp³-hybridized carbons (Fsp3) is 0.520. The van der Waals surface area contributed by atoms with Crippen LogP contribution in [0.5, 0.6) is 0 Å². The lowest BCUT2D eigenvalue weighted by atomic mass is 9.77. The topological polar surface area (TPSA) is 67.3 Å². The summed E-state index contributed by atoms with van der Waals surface area (Å²) in [5, 5.41) is 1.09. The molecule has 0 radical (unpaired) electrons. The molecule has 3 aromatic heterocycles. The van der Waals surface area contributed by atoms with Crippen LogP contribution < -0.4 is 4.90 Å². The fourth-order valence-electron chi connectivity index (χ4n) is 5.77. The van der Waals surface area contributed by atoms with Gasteiger partial charge in [-0.05, 0) is 62.3 Å². The molecule has 0 amide bonds. The van der Waals surface area contributed by atoms with E-state index in [1.165, 1.54) is 45.2 Å². The molecule has 0 N–H and O–H groups in total. The van der Waals surface area contributed by atoms with E-state index in [4.69, 9.17) is 14.7 Å². The molecule has 6 heterocycles. The van der Waals surface area contributed by atoms with E-state index in [2.05, 4.69) is 19.8 Å². The van der Waals surface area contributed by atoms with Gasteiger partial charge < -0.3 is 9.64 Å². The van der Waals surface area contributed by atoms with Gasteiger partial charge in [0.15, 0.2) is 5.82 Å².